The van der Waals surface area contributed by atoms with E-state index in [1.165, 1.54) is 0 Å². The van der Waals surface area contributed by atoms with Crippen molar-refractivity contribution >= 4 is 28.4 Å². The van der Waals surface area contributed by atoms with Crippen LogP contribution in [0.25, 0.3) is 22.2 Å². The molecule has 3 rings (SSSR count). The van der Waals surface area contributed by atoms with Crippen molar-refractivity contribution in [3.8, 4) is 11.3 Å². The van der Waals surface area contributed by atoms with E-state index in [9.17, 15) is 4.79 Å². The van der Waals surface area contributed by atoms with Crippen LogP contribution in [0.4, 0.5) is 0 Å². The molecule has 0 aliphatic rings. The first kappa shape index (κ1) is 12.6. The first-order valence-electron chi connectivity index (χ1n) is 5.98. The maximum Gasteiger partial charge on any atom is 0.251 e. The van der Waals surface area contributed by atoms with Crippen LogP contribution in [0, 0.1) is 0 Å². The second-order valence-electron chi connectivity index (χ2n) is 4.31. The van der Waals surface area contributed by atoms with E-state index in [1.54, 1.807) is 30.3 Å². The van der Waals surface area contributed by atoms with Gasteiger partial charge in [0.15, 0.2) is 0 Å². The maximum absolute atomic E-state index is 11.8. The van der Waals surface area contributed by atoms with Gasteiger partial charge >= 0.3 is 0 Å². The molecule has 5 heteroatoms. The summed E-state index contributed by atoms with van der Waals surface area (Å²) in [5, 5.41) is 9.57. The lowest BCUT2D eigenvalue weighted by Crippen LogP contribution is -2.14. The minimum Gasteiger partial charge on any atom is -0.366 e. The highest BCUT2D eigenvalue weighted by Gasteiger charge is 2.16. The number of primary amides is 1. The Bertz CT molecular complexity index is 800. The zero-order valence-corrected chi connectivity index (χ0v) is 11.1. The molecule has 1 heterocycles. The topological polar surface area (TPSA) is 68.9 Å². The molecule has 0 radical (unpaired) electrons. The third-order valence-corrected chi connectivity index (χ3v) is 3.28. The van der Waals surface area contributed by atoms with Crippen molar-refractivity contribution in [3.63, 3.8) is 0 Å². The van der Waals surface area contributed by atoms with E-state index in [1.807, 2.05) is 18.2 Å². The molecular weight excluding hydrogens is 274 g/mol. The molecule has 0 unspecified atom stereocenters. The van der Waals surface area contributed by atoms with Crippen molar-refractivity contribution in [2.24, 2.45) is 5.73 Å². The summed E-state index contributed by atoms with van der Waals surface area (Å²) >= 11 is 5.87. The van der Waals surface area contributed by atoms with Crippen LogP contribution in [0.15, 0.2) is 48.5 Å². The van der Waals surface area contributed by atoms with Gasteiger partial charge in [-0.1, -0.05) is 41.9 Å². The average Bonchev–Trinajstić information content (AvgIpc) is 2.46. The van der Waals surface area contributed by atoms with Gasteiger partial charge < -0.3 is 5.73 Å². The summed E-state index contributed by atoms with van der Waals surface area (Å²) in [5.74, 6) is -0.527. The van der Waals surface area contributed by atoms with Gasteiger partial charge in [0, 0.05) is 16.0 Å². The first-order chi connectivity index (χ1) is 9.66. The van der Waals surface area contributed by atoms with Gasteiger partial charge in [0.2, 0.25) is 0 Å². The van der Waals surface area contributed by atoms with Gasteiger partial charge in [0.1, 0.15) is 5.69 Å². The van der Waals surface area contributed by atoms with Crippen molar-refractivity contribution in [3.05, 3.63) is 59.1 Å². The van der Waals surface area contributed by atoms with Crippen LogP contribution < -0.4 is 5.73 Å². The van der Waals surface area contributed by atoms with Gasteiger partial charge in [-0.3, -0.25) is 4.79 Å². The van der Waals surface area contributed by atoms with Crippen LogP contribution in [0.5, 0.6) is 0 Å². The summed E-state index contributed by atoms with van der Waals surface area (Å²) < 4.78 is 0. The third-order valence-electron chi connectivity index (χ3n) is 3.03. The van der Waals surface area contributed by atoms with Crippen molar-refractivity contribution in [1.29, 1.82) is 0 Å². The summed E-state index contributed by atoms with van der Waals surface area (Å²) in [6.07, 6.45) is 0. The molecule has 0 atom stereocenters. The SMILES string of the molecule is NC(=O)c1c(-c2ccc(Cl)cc2)nnc2ccccc12. The van der Waals surface area contributed by atoms with Gasteiger partial charge in [-0.15, -0.1) is 10.2 Å². The molecule has 0 saturated carbocycles. The Morgan fingerprint density at radius 2 is 1.70 bits per heavy atom. The Morgan fingerprint density at radius 3 is 2.40 bits per heavy atom. The van der Waals surface area contributed by atoms with Crippen molar-refractivity contribution in [2.45, 2.75) is 0 Å². The van der Waals surface area contributed by atoms with E-state index in [2.05, 4.69) is 10.2 Å². The van der Waals surface area contributed by atoms with Gasteiger partial charge in [-0.2, -0.15) is 0 Å². The first-order valence-corrected chi connectivity index (χ1v) is 6.36. The number of benzene rings is 2. The molecular formula is C15H10ClN3O. The number of amides is 1. The quantitative estimate of drug-likeness (QED) is 0.786. The molecule has 3 aromatic rings. The highest BCUT2D eigenvalue weighted by atomic mass is 35.5. The molecule has 2 aromatic carbocycles. The standard InChI is InChI=1S/C15H10ClN3O/c16-10-7-5-9(6-8-10)14-13(15(17)20)11-3-1-2-4-12(11)18-19-14/h1-8H,(H2,17,20). The molecule has 2 N–H and O–H groups in total. The average molecular weight is 284 g/mol. The fourth-order valence-electron chi connectivity index (χ4n) is 2.11. The summed E-state index contributed by atoms with van der Waals surface area (Å²) in [7, 11) is 0. The minimum atomic E-state index is -0.527. The van der Waals surface area contributed by atoms with E-state index in [-0.39, 0.29) is 0 Å². The zero-order chi connectivity index (χ0) is 14.1. The zero-order valence-electron chi connectivity index (χ0n) is 10.4. The number of nitrogens with two attached hydrogens (primary N) is 1. The van der Waals surface area contributed by atoms with Crippen LogP contribution in [-0.4, -0.2) is 16.1 Å². The van der Waals surface area contributed by atoms with Crippen molar-refractivity contribution in [1.82, 2.24) is 10.2 Å². The summed E-state index contributed by atoms with van der Waals surface area (Å²) in [6, 6.07) is 14.3. The van der Waals surface area contributed by atoms with E-state index >= 15 is 0 Å². The lowest BCUT2D eigenvalue weighted by Gasteiger charge is -2.08. The molecule has 1 aromatic heterocycles. The van der Waals surface area contributed by atoms with Crippen LogP contribution in [-0.2, 0) is 0 Å². The van der Waals surface area contributed by atoms with Crippen molar-refractivity contribution in [2.75, 3.05) is 0 Å². The lowest BCUT2D eigenvalue weighted by molar-refractivity contribution is 0.100. The number of rotatable bonds is 2. The second kappa shape index (κ2) is 4.90. The normalized spacial score (nSPS) is 10.7. The largest absolute Gasteiger partial charge is 0.366 e. The highest BCUT2D eigenvalue weighted by molar-refractivity contribution is 6.30. The Balaban J connectivity index is 2.33. The fraction of sp³-hybridized carbons (Fsp3) is 0. The number of carbonyl (C=O) groups excluding carboxylic acids is 1. The monoisotopic (exact) mass is 283 g/mol. The molecule has 0 bridgehead atoms. The number of fused-ring (bicyclic) bond motifs is 1. The molecule has 0 aliphatic heterocycles. The number of hydrogen-bond acceptors (Lipinski definition) is 3. The molecule has 98 valence electrons. The van der Waals surface area contributed by atoms with Gasteiger partial charge in [-0.25, -0.2) is 0 Å². The Labute approximate surface area is 120 Å². The minimum absolute atomic E-state index is 0.373. The molecule has 0 saturated heterocycles. The molecule has 0 spiro atoms. The Kier molecular flexibility index (Phi) is 3.08. The number of carbonyl (C=O) groups is 1. The van der Waals surface area contributed by atoms with Crippen LogP contribution in [0.3, 0.4) is 0 Å². The number of aromatic nitrogens is 2. The third kappa shape index (κ3) is 2.10. The maximum atomic E-state index is 11.8. The number of hydrogen-bond donors (Lipinski definition) is 1. The highest BCUT2D eigenvalue weighted by Crippen LogP contribution is 2.27. The molecule has 4 nitrogen and oxygen atoms in total. The Morgan fingerprint density at radius 1 is 1.00 bits per heavy atom. The van der Waals surface area contributed by atoms with E-state index in [0.29, 0.717) is 27.2 Å². The molecule has 1 amide bonds. The number of halogens is 1. The summed E-state index contributed by atoms with van der Waals surface area (Å²) in [5.41, 5.74) is 7.74. The predicted octanol–water partition coefficient (Wildman–Crippen LogP) is 3.05. The van der Waals surface area contributed by atoms with Gasteiger partial charge in [-0.05, 0) is 18.2 Å². The van der Waals surface area contributed by atoms with E-state index in [4.69, 9.17) is 17.3 Å². The molecule has 0 fully saturated rings. The van der Waals surface area contributed by atoms with Crippen LogP contribution in [0.2, 0.25) is 5.02 Å². The van der Waals surface area contributed by atoms with Crippen LogP contribution >= 0.6 is 11.6 Å². The van der Waals surface area contributed by atoms with E-state index < -0.39 is 5.91 Å². The lowest BCUT2D eigenvalue weighted by atomic mass is 10.0. The molecule has 20 heavy (non-hydrogen) atoms. The second-order valence-corrected chi connectivity index (χ2v) is 4.75. The van der Waals surface area contributed by atoms with Gasteiger partial charge in [0.05, 0.1) is 11.1 Å². The molecule has 0 aliphatic carbocycles. The van der Waals surface area contributed by atoms with E-state index in [0.717, 1.165) is 5.56 Å². The van der Waals surface area contributed by atoms with Crippen LogP contribution in [0.1, 0.15) is 10.4 Å². The fourth-order valence-corrected chi connectivity index (χ4v) is 2.24. The predicted molar refractivity (Wildman–Crippen MR) is 78.5 cm³/mol. The van der Waals surface area contributed by atoms with Gasteiger partial charge in [0.25, 0.3) is 5.91 Å². The Hall–Kier alpha value is -2.46. The summed E-state index contributed by atoms with van der Waals surface area (Å²) in [4.78, 5) is 11.8. The van der Waals surface area contributed by atoms with Crippen molar-refractivity contribution < 1.29 is 4.79 Å². The smallest absolute Gasteiger partial charge is 0.251 e. The summed E-state index contributed by atoms with van der Waals surface area (Å²) in [6.45, 7) is 0. The number of nitrogens with zero attached hydrogens (tertiary/aromatic N) is 2.